The lowest BCUT2D eigenvalue weighted by molar-refractivity contribution is -0.109. The number of rotatable bonds is 9. The summed E-state index contributed by atoms with van der Waals surface area (Å²) in [6.45, 7) is 3.32. The van der Waals surface area contributed by atoms with Gasteiger partial charge in [0.25, 0.3) is 10.0 Å². The third kappa shape index (κ3) is 7.03. The zero-order chi connectivity index (χ0) is 32.4. The molecule has 47 heavy (non-hydrogen) atoms. The average Bonchev–Trinajstić information content (AvgIpc) is 3.64. The topological polar surface area (TPSA) is 144 Å². The zero-order valence-electron chi connectivity index (χ0n) is 25.7. The second-order valence-electron chi connectivity index (χ2n) is 12.1. The Kier molecular flexibility index (Phi) is 8.70. The highest BCUT2D eigenvalue weighted by atomic mass is 32.2. The van der Waals surface area contributed by atoms with Crippen molar-refractivity contribution >= 4 is 33.6 Å². The molecular formula is C32H35FN10O3S. The number of aromatic nitrogens is 7. The molecule has 7 rings (SSSR count). The highest BCUT2D eigenvalue weighted by Gasteiger charge is 2.37. The lowest BCUT2D eigenvalue weighted by Gasteiger charge is -2.31. The molecule has 15 heteroatoms. The molecule has 1 N–H and O–H groups in total. The summed E-state index contributed by atoms with van der Waals surface area (Å²) in [5.41, 5.74) is 2.84. The minimum absolute atomic E-state index is 0.271. The molecule has 0 atom stereocenters. The number of nitrogens with one attached hydrogen (secondary N) is 1. The van der Waals surface area contributed by atoms with Crippen LogP contribution in [0.1, 0.15) is 55.7 Å². The number of halogens is 1. The van der Waals surface area contributed by atoms with Crippen molar-refractivity contribution < 1.29 is 17.6 Å². The van der Waals surface area contributed by atoms with Crippen molar-refractivity contribution in [2.45, 2.75) is 56.0 Å². The lowest BCUT2D eigenvalue weighted by Crippen LogP contribution is -2.35. The van der Waals surface area contributed by atoms with Gasteiger partial charge in [0, 0.05) is 50.8 Å². The minimum atomic E-state index is -3.50. The van der Waals surface area contributed by atoms with E-state index < -0.39 is 16.2 Å². The highest BCUT2D eigenvalue weighted by molar-refractivity contribution is 7.90. The van der Waals surface area contributed by atoms with E-state index in [9.17, 15) is 17.6 Å². The van der Waals surface area contributed by atoms with Gasteiger partial charge in [0.2, 0.25) is 0 Å². The Morgan fingerprint density at radius 1 is 0.936 bits per heavy atom. The van der Waals surface area contributed by atoms with E-state index in [1.807, 2.05) is 16.9 Å². The van der Waals surface area contributed by atoms with Crippen LogP contribution in [0.5, 0.6) is 0 Å². The van der Waals surface area contributed by atoms with Crippen molar-refractivity contribution in [3.05, 3.63) is 60.4 Å². The van der Waals surface area contributed by atoms with E-state index in [0.29, 0.717) is 68.3 Å². The normalized spacial score (nSPS) is 18.1. The fraction of sp³-hybridized carbons (Fsp3) is 0.438. The van der Waals surface area contributed by atoms with Crippen LogP contribution in [0, 0.1) is 11.8 Å². The molecule has 4 aromatic heterocycles. The SMILES string of the molecule is O=CCN1CCC(n2cc(C#Cc3cnc(Nc4ccnc(-c5cnn(S(=O)(=O)C6CC6)c5)n4)cc3N3CCC(F)CC3)cn2)CC1. The maximum Gasteiger partial charge on any atom is 0.256 e. The summed E-state index contributed by atoms with van der Waals surface area (Å²) in [6.07, 6.45) is 14.0. The molecule has 1 saturated carbocycles. The Balaban J connectivity index is 1.10. The zero-order valence-corrected chi connectivity index (χ0v) is 26.6. The molecule has 13 nitrogen and oxygen atoms in total. The first-order valence-electron chi connectivity index (χ1n) is 15.9. The van der Waals surface area contributed by atoms with E-state index >= 15 is 0 Å². The number of alkyl halides is 1. The Hall–Kier alpha value is -4.68. The van der Waals surface area contributed by atoms with Crippen LogP contribution in [-0.4, -0.2) is 97.7 Å². The fourth-order valence-corrected chi connectivity index (χ4v) is 7.43. The summed E-state index contributed by atoms with van der Waals surface area (Å²) in [5, 5.41) is 11.4. The quantitative estimate of drug-likeness (QED) is 0.209. The number of aldehydes is 1. The van der Waals surface area contributed by atoms with Gasteiger partial charge in [-0.2, -0.15) is 14.3 Å². The minimum Gasteiger partial charge on any atom is -0.370 e. The number of carbonyl (C=O) groups excluding carboxylic acids is 1. The molecule has 244 valence electrons. The molecular weight excluding hydrogens is 623 g/mol. The summed E-state index contributed by atoms with van der Waals surface area (Å²) < 4.78 is 42.2. The predicted molar refractivity (Wildman–Crippen MR) is 173 cm³/mol. The first-order chi connectivity index (χ1) is 22.9. The third-order valence-corrected chi connectivity index (χ3v) is 10.8. The third-order valence-electron chi connectivity index (χ3n) is 8.79. The van der Waals surface area contributed by atoms with Crippen molar-refractivity contribution in [3.8, 4) is 23.2 Å². The van der Waals surface area contributed by atoms with Crippen molar-refractivity contribution in [1.82, 2.24) is 38.8 Å². The Bertz CT molecular complexity index is 1910. The number of hydrogen-bond acceptors (Lipinski definition) is 11. The van der Waals surface area contributed by atoms with Gasteiger partial charge in [0.1, 0.15) is 24.1 Å². The fourth-order valence-electron chi connectivity index (χ4n) is 5.95. The molecule has 2 saturated heterocycles. The average molecular weight is 659 g/mol. The highest BCUT2D eigenvalue weighted by Crippen LogP contribution is 2.31. The Morgan fingerprint density at radius 3 is 2.51 bits per heavy atom. The number of anilines is 3. The van der Waals surface area contributed by atoms with Crippen LogP contribution in [0.25, 0.3) is 11.4 Å². The molecule has 0 spiro atoms. The number of nitrogens with zero attached hydrogens (tertiary/aromatic N) is 9. The van der Waals surface area contributed by atoms with Crippen molar-refractivity contribution in [2.75, 3.05) is 42.9 Å². The molecule has 0 amide bonds. The van der Waals surface area contributed by atoms with Gasteiger partial charge in [-0.15, -0.1) is 0 Å². The van der Waals surface area contributed by atoms with Crippen molar-refractivity contribution in [2.24, 2.45) is 0 Å². The van der Waals surface area contributed by atoms with Gasteiger partial charge in [-0.3, -0.25) is 9.58 Å². The number of carbonyl (C=O) groups is 1. The van der Waals surface area contributed by atoms with E-state index in [-0.39, 0.29) is 11.3 Å². The number of hydrogen-bond donors (Lipinski definition) is 1. The van der Waals surface area contributed by atoms with E-state index in [4.69, 9.17) is 0 Å². The van der Waals surface area contributed by atoms with Crippen LogP contribution in [0.2, 0.25) is 0 Å². The van der Waals surface area contributed by atoms with Gasteiger partial charge in [-0.1, -0.05) is 11.8 Å². The summed E-state index contributed by atoms with van der Waals surface area (Å²) in [7, 11) is -3.50. The molecule has 0 aromatic carbocycles. The van der Waals surface area contributed by atoms with Gasteiger partial charge >= 0.3 is 0 Å². The molecule has 2 aliphatic heterocycles. The summed E-state index contributed by atoms with van der Waals surface area (Å²) >= 11 is 0. The smallest absolute Gasteiger partial charge is 0.256 e. The Morgan fingerprint density at radius 2 is 1.74 bits per heavy atom. The summed E-state index contributed by atoms with van der Waals surface area (Å²) in [5.74, 6) is 7.82. The monoisotopic (exact) mass is 658 g/mol. The van der Waals surface area contributed by atoms with Crippen LogP contribution >= 0.6 is 0 Å². The second kappa shape index (κ2) is 13.2. The lowest BCUT2D eigenvalue weighted by atomic mass is 10.1. The molecule has 3 fully saturated rings. The van der Waals surface area contributed by atoms with Crippen molar-refractivity contribution in [1.29, 1.82) is 0 Å². The first kappa shape index (κ1) is 30.9. The van der Waals surface area contributed by atoms with Crippen LogP contribution in [0.3, 0.4) is 0 Å². The molecule has 0 unspecified atom stereocenters. The molecule has 0 bridgehead atoms. The van der Waals surface area contributed by atoms with Crippen molar-refractivity contribution in [3.63, 3.8) is 0 Å². The van der Waals surface area contributed by atoms with Crippen LogP contribution < -0.4 is 10.2 Å². The Labute approximate surface area is 272 Å². The maximum atomic E-state index is 14.1. The van der Waals surface area contributed by atoms with Crippen LogP contribution in [0.15, 0.2) is 49.3 Å². The van der Waals surface area contributed by atoms with Gasteiger partial charge in [0.15, 0.2) is 5.82 Å². The maximum absolute atomic E-state index is 14.1. The first-order valence-corrected chi connectivity index (χ1v) is 17.4. The van der Waals surface area contributed by atoms with Gasteiger partial charge in [-0.25, -0.2) is 27.8 Å². The van der Waals surface area contributed by atoms with Gasteiger partial charge in [0.05, 0.1) is 58.8 Å². The summed E-state index contributed by atoms with van der Waals surface area (Å²) in [4.78, 5) is 28.6. The summed E-state index contributed by atoms with van der Waals surface area (Å²) in [6, 6.07) is 3.86. The predicted octanol–water partition coefficient (Wildman–Crippen LogP) is 3.19. The number of likely N-dealkylation sites (tertiary alicyclic amines) is 1. The molecule has 1 aliphatic carbocycles. The van der Waals surface area contributed by atoms with Gasteiger partial charge < -0.3 is 15.0 Å². The molecule has 0 radical (unpaired) electrons. The molecule has 3 aliphatic rings. The van der Waals surface area contributed by atoms with Gasteiger partial charge in [-0.05, 0) is 44.6 Å². The standard InChI is InChI=1S/C32H35FN10O3S/c33-26-6-13-41(14-7-26)29-17-31(38-30-5-10-34-32(39-30)25-20-37-43(22-25)47(45,46)28-3-4-28)35-19-24(29)2-1-23-18-36-42(21-23)27-8-11-40(12-9-27)15-16-44/h5,10,16-22,26-28H,3-4,6-9,11-15H2,(H,34,35,38,39). The van der Waals surface area contributed by atoms with E-state index in [1.165, 1.54) is 12.4 Å². The van der Waals surface area contributed by atoms with Crippen LogP contribution in [-0.2, 0) is 14.8 Å². The van der Waals surface area contributed by atoms with E-state index in [1.54, 1.807) is 24.7 Å². The van der Waals surface area contributed by atoms with Crippen LogP contribution in [0.4, 0.5) is 21.7 Å². The molecule has 6 heterocycles. The van der Waals surface area contributed by atoms with E-state index in [0.717, 1.165) is 53.1 Å². The second-order valence-corrected chi connectivity index (χ2v) is 14.2. The largest absolute Gasteiger partial charge is 0.370 e. The molecule has 4 aromatic rings. The van der Waals surface area contributed by atoms with E-state index in [2.05, 4.69) is 52.1 Å². The number of pyridine rings is 1. The number of piperidine rings is 2.